The average molecular weight is 649 g/mol. The van der Waals surface area contributed by atoms with E-state index in [1.807, 2.05) is 61.5 Å². The molecule has 0 saturated heterocycles. The number of carbonyl (C=O) groups is 2. The molecule has 0 atom stereocenters. The second-order valence-electron chi connectivity index (χ2n) is 9.71. The number of anilines is 1. The van der Waals surface area contributed by atoms with Crippen molar-refractivity contribution in [3.8, 4) is 5.75 Å². The van der Waals surface area contributed by atoms with E-state index in [4.69, 9.17) is 14.2 Å². The summed E-state index contributed by atoms with van der Waals surface area (Å²) in [6.45, 7) is 9.64. The summed E-state index contributed by atoms with van der Waals surface area (Å²) in [7, 11) is 0. The fourth-order valence-electron chi connectivity index (χ4n) is 4.10. The minimum atomic E-state index is -0.424. The molecule has 0 fully saturated rings. The monoisotopic (exact) mass is 648 g/mol. The Morgan fingerprint density at radius 1 is 0.867 bits per heavy atom. The minimum Gasteiger partial charge on any atom is -0.494 e. The zero-order valence-corrected chi connectivity index (χ0v) is 27.0. The minimum absolute atomic E-state index is 0.231. The molecule has 0 amide bonds. The summed E-state index contributed by atoms with van der Waals surface area (Å²) < 4.78 is 16.8. The third kappa shape index (κ3) is 11.2. The van der Waals surface area contributed by atoms with Crippen molar-refractivity contribution in [1.82, 2.24) is 4.98 Å². The Hall–Kier alpha value is -4.49. The van der Waals surface area contributed by atoms with E-state index in [-0.39, 0.29) is 12.6 Å². The van der Waals surface area contributed by atoms with E-state index in [0.717, 1.165) is 70.0 Å². The standard InChI is InChI=1S/C32H36N6O5S2/c1-4-30(40)43-21-18-38(5-2)26-14-10-24(11-15-26)35-37-32-33-31-28(44-32)22-29(45-31)36-34-25-12-16-27(17-13-25)42-20-9-7-6-8-19-41-23(3)39/h4,10-17,22H,1,5-9,18-21H2,2-3H3. The van der Waals surface area contributed by atoms with Crippen LogP contribution in [0.1, 0.15) is 39.5 Å². The lowest BCUT2D eigenvalue weighted by atomic mass is 10.2. The SMILES string of the molecule is C=CC(=O)OCCN(CC)c1ccc(N=Nc2nc3sc(N=Nc4ccc(OCCCCCCOC(C)=O)cc4)cc3s2)cc1. The predicted molar refractivity (Wildman–Crippen MR) is 178 cm³/mol. The van der Waals surface area contributed by atoms with Crippen LogP contribution in [-0.4, -0.2) is 49.8 Å². The zero-order valence-electron chi connectivity index (χ0n) is 25.4. The van der Waals surface area contributed by atoms with Crippen molar-refractivity contribution < 1.29 is 23.8 Å². The van der Waals surface area contributed by atoms with Crippen LogP contribution in [0.2, 0.25) is 0 Å². The molecule has 0 N–H and O–H groups in total. The summed E-state index contributed by atoms with van der Waals surface area (Å²) >= 11 is 2.89. The number of hydrogen-bond donors (Lipinski definition) is 0. The molecule has 2 heterocycles. The number of azo groups is 2. The second-order valence-corrected chi connectivity index (χ2v) is 11.7. The van der Waals surface area contributed by atoms with Crippen LogP contribution in [0.3, 0.4) is 0 Å². The third-order valence-corrected chi connectivity index (χ3v) is 8.33. The maximum atomic E-state index is 11.3. The van der Waals surface area contributed by atoms with Crippen LogP contribution < -0.4 is 9.64 Å². The molecule has 0 aliphatic heterocycles. The largest absolute Gasteiger partial charge is 0.494 e. The topological polar surface area (TPSA) is 127 Å². The van der Waals surface area contributed by atoms with Gasteiger partial charge in [-0.15, -0.1) is 20.5 Å². The molecule has 0 bridgehead atoms. The lowest BCUT2D eigenvalue weighted by Crippen LogP contribution is -2.27. The Bertz CT molecular complexity index is 1570. The highest BCUT2D eigenvalue weighted by molar-refractivity contribution is 7.30. The Labute approximate surface area is 270 Å². The highest BCUT2D eigenvalue weighted by Gasteiger charge is 2.09. The first kappa shape index (κ1) is 33.4. The summed E-state index contributed by atoms with van der Waals surface area (Å²) in [5.74, 6) is 0.136. The van der Waals surface area contributed by atoms with E-state index in [2.05, 4.69) is 36.9 Å². The van der Waals surface area contributed by atoms with E-state index < -0.39 is 5.97 Å². The molecule has 45 heavy (non-hydrogen) atoms. The number of thiazole rings is 1. The first-order valence-electron chi connectivity index (χ1n) is 14.7. The summed E-state index contributed by atoms with van der Waals surface area (Å²) in [5, 5.41) is 18.7. The van der Waals surface area contributed by atoms with Crippen molar-refractivity contribution >= 4 is 71.3 Å². The molecule has 13 heteroatoms. The van der Waals surface area contributed by atoms with Crippen LogP contribution in [-0.2, 0) is 19.1 Å². The summed E-state index contributed by atoms with van der Waals surface area (Å²) in [5.41, 5.74) is 2.45. The van der Waals surface area contributed by atoms with E-state index in [1.165, 1.54) is 29.6 Å². The quantitative estimate of drug-likeness (QED) is 0.0455. The molecule has 0 spiro atoms. The number of ether oxygens (including phenoxy) is 3. The number of benzene rings is 2. The van der Waals surface area contributed by atoms with Gasteiger partial charge in [0, 0.05) is 25.2 Å². The summed E-state index contributed by atoms with van der Waals surface area (Å²) in [6.07, 6.45) is 5.01. The highest BCUT2D eigenvalue weighted by Crippen LogP contribution is 2.39. The lowest BCUT2D eigenvalue weighted by molar-refractivity contribution is -0.141. The number of unbranched alkanes of at least 4 members (excludes halogenated alkanes) is 3. The third-order valence-electron chi connectivity index (χ3n) is 6.40. The van der Waals surface area contributed by atoms with E-state index in [1.54, 1.807) is 0 Å². The number of likely N-dealkylation sites (N-methyl/N-ethyl adjacent to an activating group) is 1. The molecular formula is C32H36N6O5S2. The first-order chi connectivity index (χ1) is 21.9. The molecule has 0 aliphatic rings. The molecule has 0 radical (unpaired) electrons. The smallest absolute Gasteiger partial charge is 0.330 e. The molecule has 0 saturated carbocycles. The number of thiophene rings is 1. The summed E-state index contributed by atoms with van der Waals surface area (Å²) in [4.78, 5) is 29.5. The van der Waals surface area contributed by atoms with Gasteiger partial charge in [-0.25, -0.2) is 9.78 Å². The Kier molecular flexibility index (Phi) is 13.2. The van der Waals surface area contributed by atoms with Crippen molar-refractivity contribution in [2.45, 2.75) is 39.5 Å². The number of esters is 2. The van der Waals surface area contributed by atoms with Crippen molar-refractivity contribution in [2.24, 2.45) is 20.5 Å². The lowest BCUT2D eigenvalue weighted by Gasteiger charge is -2.22. The highest BCUT2D eigenvalue weighted by atomic mass is 32.1. The van der Waals surface area contributed by atoms with Crippen molar-refractivity contribution in [3.05, 3.63) is 67.3 Å². The van der Waals surface area contributed by atoms with Crippen LogP contribution in [0.5, 0.6) is 5.75 Å². The number of hydrogen-bond acceptors (Lipinski definition) is 13. The van der Waals surface area contributed by atoms with Crippen LogP contribution in [0.15, 0.2) is 87.7 Å². The van der Waals surface area contributed by atoms with Crippen LogP contribution in [0, 0.1) is 0 Å². The number of aromatic nitrogens is 1. The number of rotatable bonds is 18. The van der Waals surface area contributed by atoms with Gasteiger partial charge in [0.05, 0.1) is 35.8 Å². The molecular weight excluding hydrogens is 613 g/mol. The van der Waals surface area contributed by atoms with Gasteiger partial charge in [-0.05, 0) is 87.2 Å². The first-order valence-corrected chi connectivity index (χ1v) is 16.3. The van der Waals surface area contributed by atoms with Gasteiger partial charge in [0.2, 0.25) is 5.13 Å². The fourth-order valence-corrected chi connectivity index (χ4v) is 5.95. The predicted octanol–water partition coefficient (Wildman–Crippen LogP) is 9.25. The number of carbonyl (C=O) groups excluding carboxylic acids is 2. The van der Waals surface area contributed by atoms with Gasteiger partial charge in [0.25, 0.3) is 0 Å². The molecule has 0 aliphatic carbocycles. The zero-order chi connectivity index (χ0) is 31.9. The maximum absolute atomic E-state index is 11.3. The molecule has 4 rings (SSSR count). The molecule has 2 aromatic heterocycles. The molecule has 236 valence electrons. The Balaban J connectivity index is 1.22. The molecule has 0 unspecified atom stereocenters. The Morgan fingerprint density at radius 2 is 1.56 bits per heavy atom. The van der Waals surface area contributed by atoms with Gasteiger partial charge >= 0.3 is 11.9 Å². The van der Waals surface area contributed by atoms with Crippen LogP contribution >= 0.6 is 22.7 Å². The van der Waals surface area contributed by atoms with Gasteiger partial charge < -0.3 is 19.1 Å². The van der Waals surface area contributed by atoms with Gasteiger partial charge in [-0.2, -0.15) is 0 Å². The normalized spacial score (nSPS) is 11.3. The average Bonchev–Trinajstić information content (AvgIpc) is 3.61. The van der Waals surface area contributed by atoms with E-state index in [9.17, 15) is 9.59 Å². The second kappa shape index (κ2) is 17.7. The number of fused-ring (bicyclic) bond motifs is 1. The Morgan fingerprint density at radius 3 is 2.22 bits per heavy atom. The summed E-state index contributed by atoms with van der Waals surface area (Å²) in [6, 6.07) is 17.2. The van der Waals surface area contributed by atoms with E-state index in [0.29, 0.717) is 30.6 Å². The van der Waals surface area contributed by atoms with E-state index >= 15 is 0 Å². The van der Waals surface area contributed by atoms with Crippen LogP contribution in [0.4, 0.5) is 27.2 Å². The van der Waals surface area contributed by atoms with Crippen molar-refractivity contribution in [2.75, 3.05) is 37.8 Å². The van der Waals surface area contributed by atoms with Crippen molar-refractivity contribution in [1.29, 1.82) is 0 Å². The maximum Gasteiger partial charge on any atom is 0.330 e. The van der Waals surface area contributed by atoms with Crippen molar-refractivity contribution in [3.63, 3.8) is 0 Å². The molecule has 11 nitrogen and oxygen atoms in total. The molecule has 4 aromatic rings. The van der Waals surface area contributed by atoms with Gasteiger partial charge in [0.1, 0.15) is 22.2 Å². The fraction of sp³-hybridized carbons (Fsp3) is 0.344. The van der Waals surface area contributed by atoms with Gasteiger partial charge in [-0.3, -0.25) is 4.79 Å². The van der Waals surface area contributed by atoms with Crippen LogP contribution in [0.25, 0.3) is 9.53 Å². The van der Waals surface area contributed by atoms with Gasteiger partial charge in [-0.1, -0.05) is 29.3 Å². The number of nitrogens with zero attached hydrogens (tertiary/aromatic N) is 6. The van der Waals surface area contributed by atoms with Gasteiger partial charge in [0.15, 0.2) is 0 Å². The molecule has 2 aromatic carbocycles.